The Labute approximate surface area is 209 Å². The molecule has 5 rings (SSSR count). The number of benzene rings is 2. The summed E-state index contributed by atoms with van der Waals surface area (Å²) in [4.78, 5) is 35.5. The predicted octanol–water partition coefficient (Wildman–Crippen LogP) is 5.71. The van der Waals surface area contributed by atoms with Gasteiger partial charge in [-0.3, -0.25) is 14.5 Å². The molecule has 1 amide bonds. The molecule has 0 aliphatic carbocycles. The minimum atomic E-state index is -1.10. The van der Waals surface area contributed by atoms with E-state index in [1.807, 2.05) is 26.0 Å². The number of anilines is 1. The summed E-state index contributed by atoms with van der Waals surface area (Å²) in [5.41, 5.74) is 3.26. The van der Waals surface area contributed by atoms with Crippen LogP contribution in [-0.2, 0) is 9.59 Å². The maximum Gasteiger partial charge on any atom is 0.302 e. The molecule has 2 N–H and O–H groups in total. The van der Waals surface area contributed by atoms with Gasteiger partial charge in [-0.1, -0.05) is 23.2 Å². The standard InChI is InChI=1S/C25H19Cl2N3O5/c1-11-7-16-17(8-12(11)2)29-25(28-16)30-20(18-5-4-6-35-18)19(22(32)24(30)33)21(31)14-9-13(26)10-15(27)23(14)34-3/h4-10,20,31H,1-3H3,(H,28,29)/b21-19+. The van der Waals surface area contributed by atoms with Crippen LogP contribution in [0, 0.1) is 13.8 Å². The van der Waals surface area contributed by atoms with Crippen molar-refractivity contribution in [2.45, 2.75) is 19.9 Å². The van der Waals surface area contributed by atoms with Gasteiger partial charge in [0.1, 0.15) is 23.3 Å². The fourth-order valence-electron chi connectivity index (χ4n) is 4.23. The Hall–Kier alpha value is -3.75. The summed E-state index contributed by atoms with van der Waals surface area (Å²) < 4.78 is 10.9. The number of ether oxygens (including phenoxy) is 1. The number of carbonyl (C=O) groups is 2. The van der Waals surface area contributed by atoms with E-state index >= 15 is 0 Å². The minimum Gasteiger partial charge on any atom is -0.507 e. The van der Waals surface area contributed by atoms with Crippen molar-refractivity contribution in [1.29, 1.82) is 0 Å². The molecule has 1 aliphatic heterocycles. The summed E-state index contributed by atoms with van der Waals surface area (Å²) in [6, 6.07) is 8.78. The lowest BCUT2D eigenvalue weighted by Crippen LogP contribution is -2.30. The summed E-state index contributed by atoms with van der Waals surface area (Å²) >= 11 is 12.4. The Morgan fingerprint density at radius 2 is 1.91 bits per heavy atom. The number of aromatic amines is 1. The molecule has 1 unspecified atom stereocenters. The Morgan fingerprint density at radius 1 is 1.17 bits per heavy atom. The number of nitrogens with zero attached hydrogens (tertiary/aromatic N) is 2. The number of carbonyl (C=O) groups excluding carboxylic acids is 2. The highest BCUT2D eigenvalue weighted by molar-refractivity contribution is 6.51. The quantitative estimate of drug-likeness (QED) is 0.206. The fraction of sp³-hybridized carbons (Fsp3) is 0.160. The van der Waals surface area contributed by atoms with Crippen LogP contribution in [0.15, 0.2) is 52.7 Å². The number of furan rings is 1. The lowest BCUT2D eigenvalue weighted by molar-refractivity contribution is -0.132. The van der Waals surface area contributed by atoms with Gasteiger partial charge in [0.25, 0.3) is 5.78 Å². The van der Waals surface area contributed by atoms with E-state index in [2.05, 4.69) is 9.97 Å². The van der Waals surface area contributed by atoms with Crippen molar-refractivity contribution in [1.82, 2.24) is 9.97 Å². The average molecular weight is 512 g/mol. The van der Waals surface area contributed by atoms with Crippen molar-refractivity contribution in [3.05, 3.63) is 80.7 Å². The number of hydrogen-bond acceptors (Lipinski definition) is 6. The number of aliphatic hydroxyl groups is 1. The van der Waals surface area contributed by atoms with Crippen molar-refractivity contribution in [2.75, 3.05) is 12.0 Å². The fourth-order valence-corrected chi connectivity index (χ4v) is 4.80. The highest BCUT2D eigenvalue weighted by atomic mass is 35.5. The first-order valence-corrected chi connectivity index (χ1v) is 11.3. The van der Waals surface area contributed by atoms with Crippen molar-refractivity contribution in [2.24, 2.45) is 0 Å². The SMILES string of the molecule is COc1c(Cl)cc(Cl)cc1/C(O)=C1\C(=O)C(=O)N(c2nc3cc(C)c(C)cc3[nH]2)C1c1ccco1. The molecule has 4 aromatic rings. The zero-order valence-corrected chi connectivity index (χ0v) is 20.4. The maximum atomic E-state index is 13.3. The number of amides is 1. The molecule has 1 saturated heterocycles. The van der Waals surface area contributed by atoms with E-state index in [1.165, 1.54) is 30.4 Å². The largest absolute Gasteiger partial charge is 0.507 e. The Balaban J connectivity index is 1.75. The number of rotatable bonds is 4. The summed E-state index contributed by atoms with van der Waals surface area (Å²) in [6.07, 6.45) is 1.41. The zero-order valence-electron chi connectivity index (χ0n) is 18.8. The molecule has 3 heterocycles. The maximum absolute atomic E-state index is 13.3. The highest BCUT2D eigenvalue weighted by Crippen LogP contribution is 2.44. The normalized spacial score (nSPS) is 17.5. The molecular formula is C25H19Cl2N3O5. The number of nitrogens with one attached hydrogen (secondary N) is 1. The van der Waals surface area contributed by atoms with Crippen molar-refractivity contribution in [3.63, 3.8) is 0 Å². The van der Waals surface area contributed by atoms with E-state index in [0.29, 0.717) is 11.0 Å². The number of hydrogen-bond donors (Lipinski definition) is 2. The average Bonchev–Trinajstić information content (AvgIpc) is 3.52. The molecule has 0 radical (unpaired) electrons. The van der Waals surface area contributed by atoms with Crippen LogP contribution >= 0.6 is 23.2 Å². The van der Waals surface area contributed by atoms with E-state index in [0.717, 1.165) is 11.1 Å². The molecule has 0 saturated carbocycles. The molecule has 178 valence electrons. The topological polar surface area (TPSA) is 109 Å². The molecule has 1 aliphatic rings. The first-order chi connectivity index (χ1) is 16.7. The number of Topliss-reactive ketones (excluding diaryl/α,β-unsaturated/α-hetero) is 1. The van der Waals surface area contributed by atoms with Gasteiger partial charge in [0.05, 0.1) is 40.6 Å². The third-order valence-electron chi connectivity index (χ3n) is 6.04. The number of halogens is 2. The van der Waals surface area contributed by atoms with Crippen LogP contribution in [0.3, 0.4) is 0 Å². The van der Waals surface area contributed by atoms with Crippen LogP contribution in [-0.4, -0.2) is 33.9 Å². The van der Waals surface area contributed by atoms with Gasteiger partial charge >= 0.3 is 5.91 Å². The molecule has 0 spiro atoms. The van der Waals surface area contributed by atoms with E-state index < -0.39 is 23.5 Å². The van der Waals surface area contributed by atoms with Crippen molar-refractivity contribution in [3.8, 4) is 5.75 Å². The lowest BCUT2D eigenvalue weighted by Gasteiger charge is -2.21. The number of aromatic nitrogens is 2. The smallest absolute Gasteiger partial charge is 0.302 e. The van der Waals surface area contributed by atoms with Crippen molar-refractivity contribution >= 4 is 57.6 Å². The summed E-state index contributed by atoms with van der Waals surface area (Å²) in [5, 5.41) is 11.7. The number of imidazole rings is 1. The molecule has 10 heteroatoms. The van der Waals surface area contributed by atoms with E-state index in [9.17, 15) is 14.7 Å². The van der Waals surface area contributed by atoms with Crippen LogP contribution in [0.25, 0.3) is 16.8 Å². The Bertz CT molecular complexity index is 1500. The van der Waals surface area contributed by atoms with Crippen LogP contribution in [0.5, 0.6) is 5.75 Å². The number of H-pyrrole nitrogens is 1. The molecule has 0 bridgehead atoms. The highest BCUT2D eigenvalue weighted by Gasteiger charge is 2.49. The van der Waals surface area contributed by atoms with E-state index in [1.54, 1.807) is 12.1 Å². The van der Waals surface area contributed by atoms with Gasteiger partial charge in [0, 0.05) is 5.02 Å². The number of aliphatic hydroxyl groups excluding tert-OH is 1. The second-order valence-electron chi connectivity index (χ2n) is 8.17. The van der Waals surface area contributed by atoms with Gasteiger partial charge in [0.15, 0.2) is 0 Å². The summed E-state index contributed by atoms with van der Waals surface area (Å²) in [5.74, 6) is -1.80. The van der Waals surface area contributed by atoms with Gasteiger partial charge in [-0.05, 0) is 61.4 Å². The minimum absolute atomic E-state index is 0.0652. The van der Waals surface area contributed by atoms with Crippen molar-refractivity contribution < 1.29 is 23.8 Å². The lowest BCUT2D eigenvalue weighted by atomic mass is 9.99. The Kier molecular flexibility index (Phi) is 5.57. The van der Waals surface area contributed by atoms with E-state index in [4.69, 9.17) is 32.4 Å². The van der Waals surface area contributed by atoms with Gasteiger partial charge in [-0.2, -0.15) is 0 Å². The molecule has 2 aromatic heterocycles. The van der Waals surface area contributed by atoms with Crippen LogP contribution in [0.2, 0.25) is 10.0 Å². The van der Waals surface area contributed by atoms with E-state index in [-0.39, 0.29) is 38.6 Å². The van der Waals surface area contributed by atoms with Crippen LogP contribution in [0.1, 0.15) is 28.5 Å². The second-order valence-corrected chi connectivity index (χ2v) is 9.01. The predicted molar refractivity (Wildman–Crippen MR) is 132 cm³/mol. The van der Waals surface area contributed by atoms with Crippen LogP contribution in [0.4, 0.5) is 5.95 Å². The number of aryl methyl sites for hydroxylation is 2. The second kappa shape index (κ2) is 8.48. The number of methoxy groups -OCH3 is 1. The van der Waals surface area contributed by atoms with Gasteiger partial charge < -0.3 is 19.2 Å². The molecule has 8 nitrogen and oxygen atoms in total. The molecular weight excluding hydrogens is 493 g/mol. The summed E-state index contributed by atoms with van der Waals surface area (Å²) in [7, 11) is 1.37. The Morgan fingerprint density at radius 3 is 2.60 bits per heavy atom. The monoisotopic (exact) mass is 511 g/mol. The molecule has 1 fully saturated rings. The first-order valence-electron chi connectivity index (χ1n) is 10.6. The van der Waals surface area contributed by atoms with Gasteiger partial charge in [0.2, 0.25) is 5.95 Å². The van der Waals surface area contributed by atoms with Gasteiger partial charge in [-0.25, -0.2) is 4.98 Å². The third kappa shape index (κ3) is 3.66. The summed E-state index contributed by atoms with van der Waals surface area (Å²) in [6.45, 7) is 3.93. The van der Waals surface area contributed by atoms with Crippen LogP contribution < -0.4 is 9.64 Å². The molecule has 2 aromatic carbocycles. The first kappa shape index (κ1) is 23.0. The number of ketones is 1. The zero-order chi connectivity index (χ0) is 25.0. The number of fused-ring (bicyclic) bond motifs is 1. The molecule has 1 atom stereocenters. The molecule has 35 heavy (non-hydrogen) atoms. The van der Waals surface area contributed by atoms with Gasteiger partial charge in [-0.15, -0.1) is 0 Å². The third-order valence-corrected chi connectivity index (χ3v) is 6.54.